The molecule has 0 saturated carbocycles. The number of halogens is 3. The second kappa shape index (κ2) is 8.24. The maximum absolute atomic E-state index is 12.1. The Labute approximate surface area is 164 Å². The highest BCUT2D eigenvalue weighted by Gasteiger charge is 2.29. The van der Waals surface area contributed by atoms with Gasteiger partial charge in [-0.05, 0) is 58.6 Å². The molecule has 1 heterocycles. The summed E-state index contributed by atoms with van der Waals surface area (Å²) in [6.45, 7) is 9.12. The number of benzene rings is 1. The third-order valence-electron chi connectivity index (χ3n) is 4.28. The van der Waals surface area contributed by atoms with E-state index >= 15 is 0 Å². The molecule has 1 amide bonds. The van der Waals surface area contributed by atoms with Gasteiger partial charge in [0.25, 0.3) is 0 Å². The number of carbonyl (C=O) groups is 1. The molecule has 1 aliphatic heterocycles. The van der Waals surface area contributed by atoms with Crippen LogP contribution in [0.5, 0.6) is 0 Å². The molecule has 0 bridgehead atoms. The summed E-state index contributed by atoms with van der Waals surface area (Å²) >= 11 is 18.4. The van der Waals surface area contributed by atoms with Crippen molar-refractivity contribution in [1.29, 1.82) is 0 Å². The Morgan fingerprint density at radius 1 is 1.20 bits per heavy atom. The van der Waals surface area contributed by atoms with Crippen molar-refractivity contribution in [2.45, 2.75) is 52.2 Å². The summed E-state index contributed by atoms with van der Waals surface area (Å²) in [4.78, 5) is 13.9. The van der Waals surface area contributed by atoms with E-state index in [2.05, 4.69) is 12.2 Å². The lowest BCUT2D eigenvalue weighted by Gasteiger charge is -2.36. The van der Waals surface area contributed by atoms with Gasteiger partial charge in [-0.15, -0.1) is 0 Å². The molecule has 0 radical (unpaired) electrons. The van der Waals surface area contributed by atoms with Gasteiger partial charge in [0.05, 0.1) is 15.7 Å². The average Bonchev–Trinajstić information content (AvgIpc) is 2.49. The zero-order valence-electron chi connectivity index (χ0n) is 15.0. The van der Waals surface area contributed by atoms with Crippen LogP contribution in [-0.4, -0.2) is 35.7 Å². The van der Waals surface area contributed by atoms with Crippen LogP contribution in [0.4, 0.5) is 10.5 Å². The van der Waals surface area contributed by atoms with Gasteiger partial charge in [-0.1, -0.05) is 34.8 Å². The van der Waals surface area contributed by atoms with E-state index in [1.807, 2.05) is 20.8 Å². The van der Waals surface area contributed by atoms with Crippen LogP contribution in [0.25, 0.3) is 0 Å². The highest BCUT2D eigenvalue weighted by atomic mass is 35.5. The van der Waals surface area contributed by atoms with Crippen LogP contribution in [-0.2, 0) is 4.74 Å². The monoisotopic (exact) mass is 406 g/mol. The Bertz CT molecular complexity index is 600. The summed E-state index contributed by atoms with van der Waals surface area (Å²) in [6, 6.07) is 3.53. The fourth-order valence-corrected chi connectivity index (χ4v) is 3.86. The molecule has 1 saturated heterocycles. The molecule has 0 aromatic heterocycles. The summed E-state index contributed by atoms with van der Waals surface area (Å²) < 4.78 is 5.44. The number of hydrogen-bond acceptors (Lipinski definition) is 3. The fraction of sp³-hybridized carbons (Fsp3) is 0.611. The van der Waals surface area contributed by atoms with Crippen molar-refractivity contribution in [3.05, 3.63) is 27.2 Å². The van der Waals surface area contributed by atoms with E-state index in [9.17, 15) is 4.79 Å². The maximum Gasteiger partial charge on any atom is 0.410 e. The van der Waals surface area contributed by atoms with Crippen molar-refractivity contribution in [2.24, 2.45) is 5.92 Å². The molecule has 0 aliphatic carbocycles. The first-order valence-corrected chi connectivity index (χ1v) is 9.59. The van der Waals surface area contributed by atoms with Gasteiger partial charge in [-0.2, -0.15) is 0 Å². The van der Waals surface area contributed by atoms with E-state index in [1.54, 1.807) is 17.0 Å². The van der Waals surface area contributed by atoms with Gasteiger partial charge >= 0.3 is 6.09 Å². The lowest BCUT2D eigenvalue weighted by atomic mass is 9.90. The number of piperidine rings is 1. The standard InChI is InChI=1S/C18H25Cl3N2O2/c1-11(22-16-14(20)9-13(19)10-15(16)21)12-5-7-23(8-6-12)17(24)25-18(2,3)4/h9-12,22H,5-8H2,1-4H3. The first kappa shape index (κ1) is 20.5. The second-order valence-electron chi connectivity index (χ2n) is 7.48. The molecule has 0 spiro atoms. The minimum Gasteiger partial charge on any atom is -0.444 e. The number of amides is 1. The summed E-state index contributed by atoms with van der Waals surface area (Å²) in [5, 5.41) is 4.93. The average molecular weight is 408 g/mol. The number of ether oxygens (including phenoxy) is 1. The topological polar surface area (TPSA) is 41.6 Å². The van der Waals surface area contributed by atoms with Crippen molar-refractivity contribution in [2.75, 3.05) is 18.4 Å². The van der Waals surface area contributed by atoms with Gasteiger partial charge in [0, 0.05) is 24.2 Å². The molecule has 2 rings (SSSR count). The van der Waals surface area contributed by atoms with Crippen LogP contribution in [0.15, 0.2) is 12.1 Å². The third kappa shape index (κ3) is 5.83. The molecule has 25 heavy (non-hydrogen) atoms. The zero-order valence-corrected chi connectivity index (χ0v) is 17.3. The lowest BCUT2D eigenvalue weighted by molar-refractivity contribution is 0.0179. The SMILES string of the molecule is CC(Nc1c(Cl)cc(Cl)cc1Cl)C1CCN(C(=O)OC(C)(C)C)CC1. The van der Waals surface area contributed by atoms with Gasteiger partial charge in [-0.25, -0.2) is 4.79 Å². The van der Waals surface area contributed by atoms with Crippen molar-refractivity contribution in [3.63, 3.8) is 0 Å². The third-order valence-corrected chi connectivity index (χ3v) is 5.09. The molecule has 140 valence electrons. The molecule has 7 heteroatoms. The van der Waals surface area contributed by atoms with Gasteiger partial charge in [0.15, 0.2) is 0 Å². The molecule has 1 aromatic rings. The Kier molecular flexibility index (Phi) is 6.74. The van der Waals surface area contributed by atoms with E-state index < -0.39 is 5.60 Å². The number of nitrogens with one attached hydrogen (secondary N) is 1. The highest BCUT2D eigenvalue weighted by Crippen LogP contribution is 2.35. The normalized spacial score (nSPS) is 17.3. The van der Waals surface area contributed by atoms with Crippen molar-refractivity contribution < 1.29 is 9.53 Å². The summed E-state index contributed by atoms with van der Waals surface area (Å²) in [7, 11) is 0. The van der Waals surface area contributed by atoms with Crippen LogP contribution < -0.4 is 5.32 Å². The number of carbonyl (C=O) groups excluding carboxylic acids is 1. The first-order valence-electron chi connectivity index (χ1n) is 8.46. The first-order chi connectivity index (χ1) is 11.6. The van der Waals surface area contributed by atoms with Crippen LogP contribution in [0.3, 0.4) is 0 Å². The maximum atomic E-state index is 12.1. The predicted molar refractivity (Wildman–Crippen MR) is 105 cm³/mol. The van der Waals surface area contributed by atoms with Crippen molar-refractivity contribution in [1.82, 2.24) is 4.90 Å². The Morgan fingerprint density at radius 3 is 2.20 bits per heavy atom. The zero-order chi connectivity index (χ0) is 18.8. The largest absolute Gasteiger partial charge is 0.444 e. The second-order valence-corrected chi connectivity index (χ2v) is 8.73. The van der Waals surface area contributed by atoms with Crippen LogP contribution in [0.1, 0.15) is 40.5 Å². The summed E-state index contributed by atoms with van der Waals surface area (Å²) in [6.07, 6.45) is 1.56. The van der Waals surface area contributed by atoms with E-state index in [1.165, 1.54) is 0 Å². The van der Waals surface area contributed by atoms with E-state index in [0.717, 1.165) is 12.8 Å². The van der Waals surface area contributed by atoms with Gasteiger partial charge in [-0.3, -0.25) is 0 Å². The Hall–Kier alpha value is -0.840. The minimum absolute atomic E-state index is 0.178. The number of rotatable bonds is 3. The molecule has 1 fully saturated rings. The molecule has 1 atom stereocenters. The number of likely N-dealkylation sites (tertiary alicyclic amines) is 1. The predicted octanol–water partition coefficient (Wildman–Crippen LogP) is 6.09. The van der Waals surface area contributed by atoms with Gasteiger partial charge in [0.1, 0.15) is 5.60 Å². The van der Waals surface area contributed by atoms with Crippen LogP contribution in [0, 0.1) is 5.92 Å². The molecule has 1 N–H and O–H groups in total. The molecule has 1 aliphatic rings. The molecular weight excluding hydrogens is 383 g/mol. The Balaban J connectivity index is 1.92. The highest BCUT2D eigenvalue weighted by molar-refractivity contribution is 6.41. The van der Waals surface area contributed by atoms with Crippen LogP contribution >= 0.6 is 34.8 Å². The summed E-state index contributed by atoms with van der Waals surface area (Å²) in [5.74, 6) is 0.418. The van der Waals surface area contributed by atoms with E-state index in [4.69, 9.17) is 39.5 Å². The quantitative estimate of drug-likeness (QED) is 0.658. The smallest absolute Gasteiger partial charge is 0.410 e. The number of hydrogen-bond donors (Lipinski definition) is 1. The van der Waals surface area contributed by atoms with Crippen LogP contribution in [0.2, 0.25) is 15.1 Å². The van der Waals surface area contributed by atoms with E-state index in [0.29, 0.717) is 39.8 Å². The summed E-state index contributed by atoms with van der Waals surface area (Å²) in [5.41, 5.74) is 0.236. The van der Waals surface area contributed by atoms with E-state index in [-0.39, 0.29) is 12.1 Å². The molecule has 4 nitrogen and oxygen atoms in total. The van der Waals surface area contributed by atoms with Gasteiger partial charge < -0.3 is 15.0 Å². The van der Waals surface area contributed by atoms with Crippen molar-refractivity contribution >= 4 is 46.6 Å². The van der Waals surface area contributed by atoms with Gasteiger partial charge in [0.2, 0.25) is 0 Å². The molecular formula is C18H25Cl3N2O2. The molecule has 1 unspecified atom stereocenters. The number of anilines is 1. The minimum atomic E-state index is -0.467. The fourth-order valence-electron chi connectivity index (χ4n) is 2.93. The Morgan fingerprint density at radius 2 is 1.72 bits per heavy atom. The number of nitrogens with zero attached hydrogens (tertiary/aromatic N) is 1. The lowest BCUT2D eigenvalue weighted by Crippen LogP contribution is -2.44. The van der Waals surface area contributed by atoms with Crippen molar-refractivity contribution in [3.8, 4) is 0 Å². The molecule has 1 aromatic carbocycles.